The van der Waals surface area contributed by atoms with E-state index in [0.29, 0.717) is 0 Å². The molecule has 13 heavy (non-hydrogen) atoms. The van der Waals surface area contributed by atoms with Crippen molar-refractivity contribution < 1.29 is 0 Å². The molecule has 0 aromatic heterocycles. The molecule has 1 aromatic rings. The van der Waals surface area contributed by atoms with E-state index in [1.807, 2.05) is 6.07 Å². The minimum atomic E-state index is 0.724. The van der Waals surface area contributed by atoms with Crippen LogP contribution in [0.15, 0.2) is 18.2 Å². The molecule has 0 heterocycles. The van der Waals surface area contributed by atoms with Gasteiger partial charge in [-0.15, -0.1) is 0 Å². The zero-order chi connectivity index (χ0) is 9.26. The summed E-state index contributed by atoms with van der Waals surface area (Å²) < 4.78 is 0. The molecular formula is C11H14ClN. The number of benzene rings is 1. The number of nitrogens with two attached hydrogens (primary N) is 1. The van der Waals surface area contributed by atoms with Crippen molar-refractivity contribution in [2.75, 3.05) is 6.54 Å². The quantitative estimate of drug-likeness (QED) is 0.789. The minimum Gasteiger partial charge on any atom is -0.330 e. The molecule has 1 aliphatic rings. The lowest BCUT2D eigenvalue weighted by Crippen LogP contribution is -2.04. The van der Waals surface area contributed by atoms with E-state index < -0.39 is 0 Å². The monoisotopic (exact) mass is 195 g/mol. The van der Waals surface area contributed by atoms with Crippen LogP contribution in [0.5, 0.6) is 0 Å². The van der Waals surface area contributed by atoms with Crippen LogP contribution in [-0.4, -0.2) is 6.54 Å². The van der Waals surface area contributed by atoms with Crippen molar-refractivity contribution in [3.05, 3.63) is 34.3 Å². The maximum Gasteiger partial charge on any atom is 0.0409 e. The SMILES string of the molecule is NCCc1ccc(Cl)cc1C1CC1. The molecule has 0 unspecified atom stereocenters. The van der Waals surface area contributed by atoms with Gasteiger partial charge in [0.2, 0.25) is 0 Å². The molecule has 2 N–H and O–H groups in total. The molecule has 1 aromatic carbocycles. The van der Waals surface area contributed by atoms with Crippen LogP contribution < -0.4 is 5.73 Å². The molecule has 1 nitrogen and oxygen atoms in total. The zero-order valence-corrected chi connectivity index (χ0v) is 8.35. The fourth-order valence-electron chi connectivity index (χ4n) is 1.72. The fourth-order valence-corrected chi connectivity index (χ4v) is 1.90. The van der Waals surface area contributed by atoms with Gasteiger partial charge in [0, 0.05) is 5.02 Å². The Morgan fingerprint density at radius 1 is 1.38 bits per heavy atom. The second-order valence-corrected chi connectivity index (χ2v) is 4.09. The van der Waals surface area contributed by atoms with E-state index >= 15 is 0 Å². The Morgan fingerprint density at radius 3 is 2.77 bits per heavy atom. The Balaban J connectivity index is 2.30. The molecule has 0 radical (unpaired) electrons. The van der Waals surface area contributed by atoms with Crippen LogP contribution >= 0.6 is 11.6 Å². The molecule has 70 valence electrons. The Hall–Kier alpha value is -0.530. The first-order valence-corrected chi connectivity index (χ1v) is 5.17. The second-order valence-electron chi connectivity index (χ2n) is 3.66. The van der Waals surface area contributed by atoms with Crippen molar-refractivity contribution >= 4 is 11.6 Å². The normalized spacial score (nSPS) is 16.2. The van der Waals surface area contributed by atoms with Crippen molar-refractivity contribution in [2.24, 2.45) is 5.73 Å². The van der Waals surface area contributed by atoms with Gasteiger partial charge >= 0.3 is 0 Å². The molecule has 0 amide bonds. The van der Waals surface area contributed by atoms with Crippen LogP contribution in [0.2, 0.25) is 5.02 Å². The van der Waals surface area contributed by atoms with E-state index in [4.69, 9.17) is 17.3 Å². The second kappa shape index (κ2) is 3.69. The van der Waals surface area contributed by atoms with Gasteiger partial charge < -0.3 is 5.73 Å². The first-order valence-electron chi connectivity index (χ1n) is 4.79. The summed E-state index contributed by atoms with van der Waals surface area (Å²) in [6, 6.07) is 6.17. The summed E-state index contributed by atoms with van der Waals surface area (Å²) in [5.41, 5.74) is 8.37. The highest BCUT2D eigenvalue weighted by molar-refractivity contribution is 6.30. The van der Waals surface area contributed by atoms with Gasteiger partial charge in [0.15, 0.2) is 0 Å². The number of halogens is 1. The van der Waals surface area contributed by atoms with E-state index in [1.54, 1.807) is 0 Å². The molecule has 1 saturated carbocycles. The molecule has 0 aliphatic heterocycles. The first kappa shape index (κ1) is 9.04. The summed E-state index contributed by atoms with van der Waals surface area (Å²) in [6.45, 7) is 0.724. The smallest absolute Gasteiger partial charge is 0.0409 e. The van der Waals surface area contributed by atoms with Gasteiger partial charge in [-0.2, -0.15) is 0 Å². The molecule has 0 atom stereocenters. The minimum absolute atomic E-state index is 0.724. The van der Waals surface area contributed by atoms with E-state index in [0.717, 1.165) is 23.9 Å². The van der Waals surface area contributed by atoms with Crippen molar-refractivity contribution in [1.82, 2.24) is 0 Å². The highest BCUT2D eigenvalue weighted by Crippen LogP contribution is 2.42. The van der Waals surface area contributed by atoms with Crippen LogP contribution in [0.25, 0.3) is 0 Å². The number of hydrogen-bond acceptors (Lipinski definition) is 1. The van der Waals surface area contributed by atoms with Crippen LogP contribution in [0.1, 0.15) is 29.9 Å². The number of rotatable bonds is 3. The van der Waals surface area contributed by atoms with Gasteiger partial charge in [-0.25, -0.2) is 0 Å². The molecule has 0 bridgehead atoms. The summed E-state index contributed by atoms with van der Waals surface area (Å²) >= 11 is 5.96. The Morgan fingerprint density at radius 2 is 2.15 bits per heavy atom. The number of hydrogen-bond donors (Lipinski definition) is 1. The maximum atomic E-state index is 5.96. The molecule has 1 aliphatic carbocycles. The Labute approximate surface area is 83.9 Å². The van der Waals surface area contributed by atoms with E-state index in [9.17, 15) is 0 Å². The Bertz CT molecular complexity index is 305. The summed E-state index contributed by atoms with van der Waals surface area (Å²) in [7, 11) is 0. The lowest BCUT2D eigenvalue weighted by Gasteiger charge is -2.07. The topological polar surface area (TPSA) is 26.0 Å². The average Bonchev–Trinajstić information content (AvgIpc) is 2.91. The summed E-state index contributed by atoms with van der Waals surface area (Å²) in [5.74, 6) is 0.764. The maximum absolute atomic E-state index is 5.96. The molecule has 0 spiro atoms. The van der Waals surface area contributed by atoms with E-state index in [-0.39, 0.29) is 0 Å². The lowest BCUT2D eigenvalue weighted by molar-refractivity contribution is 0.936. The lowest BCUT2D eigenvalue weighted by atomic mass is 10.0. The van der Waals surface area contributed by atoms with Crippen molar-refractivity contribution in [3.63, 3.8) is 0 Å². The predicted molar refractivity (Wildman–Crippen MR) is 56.2 cm³/mol. The van der Waals surface area contributed by atoms with E-state index in [1.165, 1.54) is 24.0 Å². The first-order chi connectivity index (χ1) is 6.31. The van der Waals surface area contributed by atoms with Crippen LogP contribution in [0, 0.1) is 0 Å². The largest absolute Gasteiger partial charge is 0.330 e. The summed E-state index contributed by atoms with van der Waals surface area (Å²) in [4.78, 5) is 0. The van der Waals surface area contributed by atoms with Crippen molar-refractivity contribution in [1.29, 1.82) is 0 Å². The molecule has 1 fully saturated rings. The van der Waals surface area contributed by atoms with Gasteiger partial charge in [0.25, 0.3) is 0 Å². The predicted octanol–water partition coefficient (Wildman–Crippen LogP) is 2.72. The van der Waals surface area contributed by atoms with Gasteiger partial charge in [-0.3, -0.25) is 0 Å². The van der Waals surface area contributed by atoms with E-state index in [2.05, 4.69) is 12.1 Å². The average molecular weight is 196 g/mol. The van der Waals surface area contributed by atoms with Crippen LogP contribution in [0.3, 0.4) is 0 Å². The van der Waals surface area contributed by atoms with Crippen LogP contribution in [-0.2, 0) is 6.42 Å². The summed E-state index contributed by atoms with van der Waals surface area (Å²) in [6.07, 6.45) is 3.61. The van der Waals surface area contributed by atoms with Gasteiger partial charge in [-0.05, 0) is 55.0 Å². The highest BCUT2D eigenvalue weighted by Gasteiger charge is 2.25. The highest BCUT2D eigenvalue weighted by atomic mass is 35.5. The zero-order valence-electron chi connectivity index (χ0n) is 7.59. The third kappa shape index (κ3) is 2.04. The molecule has 0 saturated heterocycles. The molecule has 2 rings (SSSR count). The fraction of sp³-hybridized carbons (Fsp3) is 0.455. The van der Waals surface area contributed by atoms with Crippen molar-refractivity contribution in [3.8, 4) is 0 Å². The third-order valence-corrected chi connectivity index (χ3v) is 2.77. The van der Waals surface area contributed by atoms with Gasteiger partial charge in [-0.1, -0.05) is 17.7 Å². The van der Waals surface area contributed by atoms with Crippen molar-refractivity contribution in [2.45, 2.75) is 25.2 Å². The van der Waals surface area contributed by atoms with Gasteiger partial charge in [0.05, 0.1) is 0 Å². The van der Waals surface area contributed by atoms with Crippen LogP contribution in [0.4, 0.5) is 0 Å². The summed E-state index contributed by atoms with van der Waals surface area (Å²) in [5, 5.41) is 0.850. The molecule has 2 heteroatoms. The molecular weight excluding hydrogens is 182 g/mol. The standard InChI is InChI=1S/C11H14ClN/c12-10-4-3-9(5-6-13)11(7-10)8-1-2-8/h3-4,7-8H,1-2,5-6,13H2. The third-order valence-electron chi connectivity index (χ3n) is 2.54. The van der Waals surface area contributed by atoms with Gasteiger partial charge in [0.1, 0.15) is 0 Å². The Kier molecular flexibility index (Phi) is 2.56.